The summed E-state index contributed by atoms with van der Waals surface area (Å²) in [5, 5.41) is 12.1. The van der Waals surface area contributed by atoms with Gasteiger partial charge in [0.15, 0.2) is 0 Å². The standard InChI is InChI=1S/C12H15N3/c1-5-9(2)14-8-11-6-12(7-13)15(4)10(11)3/h1,6,9,14H,8H2,2-4H3. The van der Waals surface area contributed by atoms with Gasteiger partial charge in [0.2, 0.25) is 0 Å². The van der Waals surface area contributed by atoms with Crippen molar-refractivity contribution in [2.75, 3.05) is 0 Å². The van der Waals surface area contributed by atoms with Gasteiger partial charge in [-0.2, -0.15) is 5.26 Å². The summed E-state index contributed by atoms with van der Waals surface area (Å²) in [6.07, 6.45) is 5.27. The molecule has 1 unspecified atom stereocenters. The van der Waals surface area contributed by atoms with Crippen molar-refractivity contribution in [3.8, 4) is 18.4 Å². The summed E-state index contributed by atoms with van der Waals surface area (Å²) >= 11 is 0. The van der Waals surface area contributed by atoms with Gasteiger partial charge in [0, 0.05) is 19.3 Å². The Kier molecular flexibility index (Phi) is 3.55. The minimum atomic E-state index is 0.0511. The Hall–Kier alpha value is -1.71. The van der Waals surface area contributed by atoms with Crippen LogP contribution in [0.1, 0.15) is 23.9 Å². The van der Waals surface area contributed by atoms with Gasteiger partial charge < -0.3 is 4.57 Å². The van der Waals surface area contributed by atoms with Crippen LogP contribution in [-0.2, 0) is 13.6 Å². The van der Waals surface area contributed by atoms with Crippen LogP contribution < -0.4 is 5.32 Å². The van der Waals surface area contributed by atoms with E-state index >= 15 is 0 Å². The zero-order chi connectivity index (χ0) is 11.4. The van der Waals surface area contributed by atoms with Crippen molar-refractivity contribution in [1.82, 2.24) is 9.88 Å². The summed E-state index contributed by atoms with van der Waals surface area (Å²) in [6.45, 7) is 4.63. The molecular weight excluding hydrogens is 186 g/mol. The molecule has 0 aliphatic heterocycles. The Labute approximate surface area is 90.7 Å². The number of nitrogens with one attached hydrogen (secondary N) is 1. The third-order valence-electron chi connectivity index (χ3n) is 2.60. The van der Waals surface area contributed by atoms with Crippen LogP contribution in [0.2, 0.25) is 0 Å². The fourth-order valence-electron chi connectivity index (χ4n) is 1.37. The van der Waals surface area contributed by atoms with E-state index < -0.39 is 0 Å². The summed E-state index contributed by atoms with van der Waals surface area (Å²) in [7, 11) is 1.89. The molecule has 3 heteroatoms. The highest BCUT2D eigenvalue weighted by Crippen LogP contribution is 2.12. The largest absolute Gasteiger partial charge is 0.340 e. The predicted octanol–water partition coefficient (Wildman–Crippen LogP) is 1.32. The summed E-state index contributed by atoms with van der Waals surface area (Å²) in [6, 6.07) is 4.10. The lowest BCUT2D eigenvalue weighted by Gasteiger charge is -2.07. The van der Waals surface area contributed by atoms with Crippen LogP contribution in [0, 0.1) is 30.6 Å². The van der Waals surface area contributed by atoms with Crippen LogP contribution in [0.4, 0.5) is 0 Å². The molecular formula is C12H15N3. The van der Waals surface area contributed by atoms with E-state index in [1.54, 1.807) is 0 Å². The Morgan fingerprint density at radius 3 is 2.80 bits per heavy atom. The maximum Gasteiger partial charge on any atom is 0.120 e. The van der Waals surface area contributed by atoms with Gasteiger partial charge in [-0.15, -0.1) is 6.42 Å². The van der Waals surface area contributed by atoms with E-state index in [-0.39, 0.29) is 6.04 Å². The molecule has 0 amide bonds. The lowest BCUT2D eigenvalue weighted by Crippen LogP contribution is -2.23. The van der Waals surface area contributed by atoms with Gasteiger partial charge in [-0.3, -0.25) is 5.32 Å². The van der Waals surface area contributed by atoms with Crippen molar-refractivity contribution in [1.29, 1.82) is 5.26 Å². The van der Waals surface area contributed by atoms with Crippen molar-refractivity contribution < 1.29 is 0 Å². The summed E-state index contributed by atoms with van der Waals surface area (Å²) in [5.74, 6) is 2.61. The van der Waals surface area contributed by atoms with Gasteiger partial charge in [-0.05, 0) is 25.5 Å². The highest BCUT2D eigenvalue weighted by molar-refractivity contribution is 5.34. The van der Waals surface area contributed by atoms with Crippen LogP contribution in [0.5, 0.6) is 0 Å². The third-order valence-corrected chi connectivity index (χ3v) is 2.60. The minimum Gasteiger partial charge on any atom is -0.340 e. The Morgan fingerprint density at radius 1 is 1.67 bits per heavy atom. The first kappa shape index (κ1) is 11.4. The van der Waals surface area contributed by atoms with Crippen molar-refractivity contribution >= 4 is 0 Å². The SMILES string of the molecule is C#CC(C)NCc1cc(C#N)n(C)c1C. The van der Waals surface area contributed by atoms with Gasteiger partial charge in [-0.1, -0.05) is 5.92 Å². The molecule has 0 saturated carbocycles. The first-order valence-corrected chi connectivity index (χ1v) is 4.85. The quantitative estimate of drug-likeness (QED) is 0.749. The molecule has 0 fully saturated rings. The van der Waals surface area contributed by atoms with Gasteiger partial charge in [0.05, 0.1) is 6.04 Å². The predicted molar refractivity (Wildman–Crippen MR) is 60.0 cm³/mol. The van der Waals surface area contributed by atoms with Crippen molar-refractivity contribution in [2.45, 2.75) is 26.4 Å². The van der Waals surface area contributed by atoms with Gasteiger partial charge >= 0.3 is 0 Å². The topological polar surface area (TPSA) is 40.8 Å². The van der Waals surface area contributed by atoms with Crippen molar-refractivity contribution in [2.24, 2.45) is 7.05 Å². The number of aromatic nitrogens is 1. The number of nitriles is 1. The van der Waals surface area contributed by atoms with E-state index in [1.807, 2.05) is 31.5 Å². The number of terminal acetylenes is 1. The number of rotatable bonds is 3. The number of hydrogen-bond donors (Lipinski definition) is 1. The summed E-state index contributed by atoms with van der Waals surface area (Å²) in [4.78, 5) is 0. The first-order chi connectivity index (χ1) is 7.10. The van der Waals surface area contributed by atoms with E-state index in [0.717, 1.165) is 11.3 Å². The lowest BCUT2D eigenvalue weighted by molar-refractivity contribution is 0.644. The molecule has 0 aliphatic carbocycles. The zero-order valence-corrected chi connectivity index (χ0v) is 9.33. The van der Waals surface area contributed by atoms with Crippen molar-refractivity contribution in [3.63, 3.8) is 0 Å². The molecule has 0 aliphatic rings. The monoisotopic (exact) mass is 201 g/mol. The Bertz CT molecular complexity index is 429. The van der Waals surface area contributed by atoms with E-state index in [1.165, 1.54) is 0 Å². The molecule has 3 nitrogen and oxygen atoms in total. The summed E-state index contributed by atoms with van der Waals surface area (Å²) < 4.78 is 1.89. The second kappa shape index (κ2) is 4.68. The normalized spacial score (nSPS) is 11.8. The fraction of sp³-hybridized carbons (Fsp3) is 0.417. The van der Waals surface area contributed by atoms with E-state index in [2.05, 4.69) is 17.3 Å². The molecule has 78 valence electrons. The molecule has 0 spiro atoms. The second-order valence-electron chi connectivity index (χ2n) is 3.58. The van der Waals surface area contributed by atoms with E-state index in [0.29, 0.717) is 12.2 Å². The molecule has 1 rings (SSSR count). The number of hydrogen-bond acceptors (Lipinski definition) is 2. The molecule has 0 radical (unpaired) electrons. The zero-order valence-electron chi connectivity index (χ0n) is 9.33. The molecule has 0 aromatic carbocycles. The fourth-order valence-corrected chi connectivity index (χ4v) is 1.37. The number of nitrogens with zero attached hydrogens (tertiary/aromatic N) is 2. The van der Waals surface area contributed by atoms with Crippen molar-refractivity contribution in [3.05, 3.63) is 23.0 Å². The first-order valence-electron chi connectivity index (χ1n) is 4.85. The second-order valence-corrected chi connectivity index (χ2v) is 3.58. The highest BCUT2D eigenvalue weighted by atomic mass is 15.0. The molecule has 1 aromatic heterocycles. The minimum absolute atomic E-state index is 0.0511. The van der Waals surface area contributed by atoms with Crippen LogP contribution in [0.3, 0.4) is 0 Å². The smallest absolute Gasteiger partial charge is 0.120 e. The van der Waals surface area contributed by atoms with Crippen LogP contribution in [-0.4, -0.2) is 10.6 Å². The molecule has 1 heterocycles. The molecule has 0 saturated heterocycles. The molecule has 1 aromatic rings. The Morgan fingerprint density at radius 2 is 2.33 bits per heavy atom. The van der Waals surface area contributed by atoms with Crippen LogP contribution in [0.15, 0.2) is 6.07 Å². The average molecular weight is 201 g/mol. The van der Waals surface area contributed by atoms with Crippen LogP contribution in [0.25, 0.3) is 0 Å². The maximum absolute atomic E-state index is 8.86. The molecule has 1 atom stereocenters. The van der Waals surface area contributed by atoms with Gasteiger partial charge in [0.25, 0.3) is 0 Å². The van der Waals surface area contributed by atoms with E-state index in [4.69, 9.17) is 11.7 Å². The lowest BCUT2D eigenvalue weighted by atomic mass is 10.2. The molecule has 0 bridgehead atoms. The maximum atomic E-state index is 8.86. The summed E-state index contributed by atoms with van der Waals surface area (Å²) in [5.41, 5.74) is 2.90. The highest BCUT2D eigenvalue weighted by Gasteiger charge is 2.08. The molecule has 15 heavy (non-hydrogen) atoms. The van der Waals surface area contributed by atoms with Gasteiger partial charge in [0.1, 0.15) is 11.8 Å². The average Bonchev–Trinajstić information content (AvgIpc) is 2.52. The Balaban J connectivity index is 2.80. The van der Waals surface area contributed by atoms with Gasteiger partial charge in [-0.25, -0.2) is 0 Å². The van der Waals surface area contributed by atoms with E-state index in [9.17, 15) is 0 Å². The molecule has 1 N–H and O–H groups in total. The van der Waals surface area contributed by atoms with Crippen LogP contribution >= 0.6 is 0 Å². The third kappa shape index (κ3) is 2.40.